The van der Waals surface area contributed by atoms with Gasteiger partial charge in [-0.2, -0.15) is 0 Å². The minimum Gasteiger partial charge on any atom is -0.481 e. The second-order valence-corrected chi connectivity index (χ2v) is 5.53. The maximum Gasteiger partial charge on any atom is 0.407 e. The molecule has 1 amide bonds. The standard InChI is InChI=1S/C8H13NO4.C4H10.C2H6/c1-8(2,6(10)11)3-5-4-9-7(12)13-5;1-4(2)3;1-2/h5H,3-4H2,1-2H3,(H,9,12)(H,10,11);4H,1-3H3;1-2H3. The Balaban J connectivity index is 0. The van der Waals surface area contributed by atoms with Gasteiger partial charge in [-0.3, -0.25) is 4.79 Å². The van der Waals surface area contributed by atoms with E-state index in [0.29, 0.717) is 13.0 Å². The molecule has 0 aromatic carbocycles. The third kappa shape index (κ3) is 10.4. The van der Waals surface area contributed by atoms with Gasteiger partial charge in [0.25, 0.3) is 0 Å². The van der Waals surface area contributed by atoms with Gasteiger partial charge in [-0.15, -0.1) is 0 Å². The maximum absolute atomic E-state index is 10.7. The van der Waals surface area contributed by atoms with E-state index in [9.17, 15) is 9.59 Å². The normalized spacial score (nSPS) is 17.5. The van der Waals surface area contributed by atoms with Crippen LogP contribution in [0, 0.1) is 11.3 Å². The second-order valence-electron chi connectivity index (χ2n) is 5.53. The van der Waals surface area contributed by atoms with E-state index >= 15 is 0 Å². The summed E-state index contributed by atoms with van der Waals surface area (Å²) in [7, 11) is 0. The van der Waals surface area contributed by atoms with Crippen molar-refractivity contribution in [1.82, 2.24) is 5.32 Å². The number of rotatable bonds is 3. The maximum atomic E-state index is 10.7. The van der Waals surface area contributed by atoms with E-state index in [0.717, 1.165) is 5.92 Å². The molecule has 0 aromatic rings. The Morgan fingerprint density at radius 3 is 2.11 bits per heavy atom. The quantitative estimate of drug-likeness (QED) is 0.828. The first-order valence-corrected chi connectivity index (χ1v) is 6.83. The van der Waals surface area contributed by atoms with Crippen molar-refractivity contribution in [3.05, 3.63) is 0 Å². The molecule has 0 spiro atoms. The molecule has 1 atom stereocenters. The Hall–Kier alpha value is -1.26. The summed E-state index contributed by atoms with van der Waals surface area (Å²) in [5, 5.41) is 11.3. The van der Waals surface area contributed by atoms with Gasteiger partial charge in [0, 0.05) is 6.42 Å². The fourth-order valence-corrected chi connectivity index (χ4v) is 1.20. The molecule has 1 aliphatic rings. The number of ether oxygens (including phenoxy) is 1. The predicted octanol–water partition coefficient (Wildman–Crippen LogP) is 3.28. The fourth-order valence-electron chi connectivity index (χ4n) is 1.20. The summed E-state index contributed by atoms with van der Waals surface area (Å²) in [4.78, 5) is 21.4. The monoisotopic (exact) mass is 275 g/mol. The van der Waals surface area contributed by atoms with E-state index < -0.39 is 17.5 Å². The average molecular weight is 275 g/mol. The molecule has 2 N–H and O–H groups in total. The highest BCUT2D eigenvalue weighted by Gasteiger charge is 2.34. The molecule has 1 saturated heterocycles. The Morgan fingerprint density at radius 2 is 1.84 bits per heavy atom. The number of carbonyl (C=O) groups excluding carboxylic acids is 1. The second kappa shape index (κ2) is 9.64. The first-order chi connectivity index (χ1) is 8.65. The molecule has 0 bridgehead atoms. The minimum absolute atomic E-state index is 0.321. The van der Waals surface area contributed by atoms with Crippen LogP contribution in [0.25, 0.3) is 0 Å². The van der Waals surface area contributed by atoms with E-state index in [-0.39, 0.29) is 6.10 Å². The van der Waals surface area contributed by atoms with Crippen molar-refractivity contribution in [1.29, 1.82) is 0 Å². The first-order valence-electron chi connectivity index (χ1n) is 6.83. The van der Waals surface area contributed by atoms with Crippen molar-refractivity contribution in [2.24, 2.45) is 11.3 Å². The summed E-state index contributed by atoms with van der Waals surface area (Å²) in [5.41, 5.74) is -0.850. The van der Waals surface area contributed by atoms with Crippen LogP contribution in [0.15, 0.2) is 0 Å². The van der Waals surface area contributed by atoms with Gasteiger partial charge in [-0.05, 0) is 19.8 Å². The molecular formula is C14H29NO4. The summed E-state index contributed by atoms with van der Waals surface area (Å²) in [6, 6.07) is 0. The third-order valence-electron chi connectivity index (χ3n) is 2.06. The molecule has 114 valence electrons. The van der Waals surface area contributed by atoms with Gasteiger partial charge in [0.05, 0.1) is 12.0 Å². The van der Waals surface area contributed by atoms with Gasteiger partial charge >= 0.3 is 12.1 Å². The van der Waals surface area contributed by atoms with Crippen molar-refractivity contribution in [3.8, 4) is 0 Å². The number of hydrogen-bond acceptors (Lipinski definition) is 3. The molecule has 19 heavy (non-hydrogen) atoms. The highest BCUT2D eigenvalue weighted by atomic mass is 16.6. The van der Waals surface area contributed by atoms with E-state index in [1.807, 2.05) is 13.8 Å². The number of alkyl carbamates (subject to hydrolysis) is 1. The van der Waals surface area contributed by atoms with Crippen LogP contribution in [0.1, 0.15) is 54.9 Å². The summed E-state index contributed by atoms with van der Waals surface area (Å²) in [6.45, 7) is 14.1. The molecule has 5 heteroatoms. The van der Waals surface area contributed by atoms with Crippen LogP contribution in [0.3, 0.4) is 0 Å². The summed E-state index contributed by atoms with van der Waals surface area (Å²) >= 11 is 0. The number of amides is 1. The number of aliphatic carboxylic acids is 1. The third-order valence-corrected chi connectivity index (χ3v) is 2.06. The lowest BCUT2D eigenvalue weighted by Crippen LogP contribution is -2.30. The van der Waals surface area contributed by atoms with Crippen molar-refractivity contribution in [2.75, 3.05) is 6.54 Å². The number of hydrogen-bond donors (Lipinski definition) is 2. The van der Waals surface area contributed by atoms with Crippen molar-refractivity contribution in [2.45, 2.75) is 61.0 Å². The van der Waals surface area contributed by atoms with Crippen molar-refractivity contribution in [3.63, 3.8) is 0 Å². The molecule has 1 unspecified atom stereocenters. The number of nitrogens with one attached hydrogen (secondary N) is 1. The fraction of sp³-hybridized carbons (Fsp3) is 0.857. The first kappa shape index (κ1) is 20.1. The molecule has 1 aliphatic heterocycles. The topological polar surface area (TPSA) is 75.6 Å². The van der Waals surface area contributed by atoms with E-state index in [4.69, 9.17) is 9.84 Å². The predicted molar refractivity (Wildman–Crippen MR) is 76.2 cm³/mol. The van der Waals surface area contributed by atoms with E-state index in [2.05, 4.69) is 26.1 Å². The lowest BCUT2D eigenvalue weighted by molar-refractivity contribution is -0.148. The average Bonchev–Trinajstić information content (AvgIpc) is 2.65. The van der Waals surface area contributed by atoms with E-state index in [1.165, 1.54) is 0 Å². The molecule has 1 fully saturated rings. The molecule has 0 radical (unpaired) electrons. The van der Waals surface area contributed by atoms with Gasteiger partial charge in [0.1, 0.15) is 6.10 Å². The number of carbonyl (C=O) groups is 2. The molecule has 0 aliphatic carbocycles. The highest BCUT2D eigenvalue weighted by molar-refractivity contribution is 5.74. The van der Waals surface area contributed by atoms with Crippen LogP contribution in [0.2, 0.25) is 0 Å². The van der Waals surface area contributed by atoms with Crippen LogP contribution in [-0.4, -0.2) is 29.8 Å². The minimum atomic E-state index is -0.879. The molecule has 1 rings (SSSR count). The van der Waals surface area contributed by atoms with Crippen molar-refractivity contribution < 1.29 is 19.4 Å². The van der Waals surface area contributed by atoms with Gasteiger partial charge < -0.3 is 15.2 Å². The SMILES string of the molecule is CC.CC(C)(CC1CNC(=O)O1)C(=O)O.CC(C)C. The molecular weight excluding hydrogens is 246 g/mol. The zero-order valence-corrected chi connectivity index (χ0v) is 13.2. The number of carboxylic acid groups (broad SMARTS) is 1. The van der Waals surface area contributed by atoms with Crippen LogP contribution in [-0.2, 0) is 9.53 Å². The van der Waals surface area contributed by atoms with Gasteiger partial charge in [-0.1, -0.05) is 34.6 Å². The largest absolute Gasteiger partial charge is 0.481 e. The van der Waals surface area contributed by atoms with Gasteiger partial charge in [-0.25, -0.2) is 4.79 Å². The van der Waals surface area contributed by atoms with Crippen LogP contribution in [0.5, 0.6) is 0 Å². The Morgan fingerprint density at radius 1 is 1.42 bits per heavy atom. The summed E-state index contributed by atoms with van der Waals surface area (Å²) < 4.78 is 4.83. The molecule has 0 aromatic heterocycles. The van der Waals surface area contributed by atoms with Gasteiger partial charge in [0.2, 0.25) is 0 Å². The molecule has 5 nitrogen and oxygen atoms in total. The Bertz CT molecular complexity index is 272. The van der Waals surface area contributed by atoms with Gasteiger partial charge in [0.15, 0.2) is 0 Å². The summed E-state index contributed by atoms with van der Waals surface area (Å²) in [5.74, 6) is -0.0459. The summed E-state index contributed by atoms with van der Waals surface area (Å²) in [6.07, 6.45) is -0.453. The lowest BCUT2D eigenvalue weighted by Gasteiger charge is -2.21. The lowest BCUT2D eigenvalue weighted by atomic mass is 9.87. The van der Waals surface area contributed by atoms with E-state index in [1.54, 1.807) is 13.8 Å². The van der Waals surface area contributed by atoms with Crippen molar-refractivity contribution >= 4 is 12.1 Å². The zero-order chi connectivity index (χ0) is 15.6. The smallest absolute Gasteiger partial charge is 0.407 e. The van der Waals surface area contributed by atoms with Crippen LogP contribution < -0.4 is 5.32 Å². The van der Waals surface area contributed by atoms with Crippen LogP contribution >= 0.6 is 0 Å². The molecule has 0 saturated carbocycles. The molecule has 1 heterocycles. The number of cyclic esters (lactones) is 1. The number of carboxylic acids is 1. The Kier molecular flexibility index (Phi) is 10.2. The Labute approximate surface area is 116 Å². The van der Waals surface area contributed by atoms with Crippen LogP contribution in [0.4, 0.5) is 4.79 Å². The highest BCUT2D eigenvalue weighted by Crippen LogP contribution is 2.24. The zero-order valence-electron chi connectivity index (χ0n) is 13.2.